The number of allylic oxidation sites excluding steroid dienone is 4. The van der Waals surface area contributed by atoms with Gasteiger partial charge in [0, 0.05) is 17.3 Å². The Balaban J connectivity index is 1.78. The van der Waals surface area contributed by atoms with Gasteiger partial charge < -0.3 is 15.3 Å². The normalized spacial score (nSPS) is 51.3. The number of Topliss-reactive ketones (excluding diaryl/α,β-unsaturated/α-hetero) is 1. The largest absolute Gasteiger partial charge is 0.390 e. The van der Waals surface area contributed by atoms with E-state index >= 15 is 4.39 Å². The maximum atomic E-state index is 16.7. The summed E-state index contributed by atoms with van der Waals surface area (Å²) in [5, 5.41) is 31.4. The summed E-state index contributed by atoms with van der Waals surface area (Å²) in [5.74, 6) is -2.56. The molecule has 4 rings (SSSR count). The summed E-state index contributed by atoms with van der Waals surface area (Å²) in [6.45, 7) is 2.73. The van der Waals surface area contributed by atoms with E-state index in [9.17, 15) is 24.9 Å². The van der Waals surface area contributed by atoms with Crippen LogP contribution in [0.4, 0.5) is 4.39 Å². The van der Waals surface area contributed by atoms with Gasteiger partial charge in [0.05, 0.1) is 6.10 Å². The summed E-state index contributed by atoms with van der Waals surface area (Å²) < 4.78 is 16.7. The summed E-state index contributed by atoms with van der Waals surface area (Å²) in [6, 6.07) is 0. The zero-order valence-corrected chi connectivity index (χ0v) is 15.7. The highest BCUT2D eigenvalue weighted by atomic mass is 19.1. The molecule has 27 heavy (non-hydrogen) atoms. The van der Waals surface area contributed by atoms with Crippen molar-refractivity contribution in [3.63, 3.8) is 0 Å². The number of fused-ring (bicyclic) bond motifs is 5. The minimum atomic E-state index is -1.96. The average molecular weight is 378 g/mol. The number of aliphatic hydroxyl groups is 3. The smallest absolute Gasteiger partial charge is 0.190 e. The van der Waals surface area contributed by atoms with Gasteiger partial charge in [-0.05, 0) is 56.6 Å². The summed E-state index contributed by atoms with van der Waals surface area (Å²) in [5.41, 5.74) is -4.04. The van der Waals surface area contributed by atoms with Gasteiger partial charge in [-0.3, -0.25) is 9.59 Å². The Bertz CT molecular complexity index is 760. The minimum Gasteiger partial charge on any atom is -0.390 e. The van der Waals surface area contributed by atoms with Crippen LogP contribution in [0, 0.1) is 29.1 Å². The molecule has 0 radical (unpaired) electrons. The predicted molar refractivity (Wildman–Crippen MR) is 95.3 cm³/mol. The summed E-state index contributed by atoms with van der Waals surface area (Å²) >= 11 is 0. The maximum Gasteiger partial charge on any atom is 0.190 e. The van der Waals surface area contributed by atoms with Gasteiger partial charge in [-0.1, -0.05) is 18.6 Å². The second-order valence-corrected chi connectivity index (χ2v) is 9.09. The molecule has 0 amide bonds. The van der Waals surface area contributed by atoms with Crippen molar-refractivity contribution in [3.8, 4) is 0 Å². The number of aliphatic hydroxyl groups excluding tert-OH is 2. The minimum absolute atomic E-state index is 0.0328. The van der Waals surface area contributed by atoms with Crippen LogP contribution in [0.2, 0.25) is 0 Å². The van der Waals surface area contributed by atoms with Gasteiger partial charge in [-0.15, -0.1) is 0 Å². The van der Waals surface area contributed by atoms with Crippen LogP contribution in [0.1, 0.15) is 39.5 Å². The molecule has 8 atom stereocenters. The summed E-state index contributed by atoms with van der Waals surface area (Å²) in [6.07, 6.45) is 4.55. The number of alkyl halides is 1. The van der Waals surface area contributed by atoms with Gasteiger partial charge in [0.2, 0.25) is 0 Å². The first kappa shape index (κ1) is 19.0. The molecule has 4 aliphatic rings. The van der Waals surface area contributed by atoms with Crippen molar-refractivity contribution in [2.75, 3.05) is 6.61 Å². The van der Waals surface area contributed by atoms with E-state index in [-0.39, 0.29) is 18.1 Å². The number of carbonyl (C=O) groups is 2. The van der Waals surface area contributed by atoms with E-state index in [2.05, 4.69) is 0 Å². The Hall–Kier alpha value is -1.37. The zero-order chi connectivity index (χ0) is 19.8. The van der Waals surface area contributed by atoms with Crippen LogP contribution in [0.15, 0.2) is 23.8 Å². The van der Waals surface area contributed by atoms with E-state index in [4.69, 9.17) is 0 Å². The maximum absolute atomic E-state index is 16.7. The van der Waals surface area contributed by atoms with E-state index < -0.39 is 52.9 Å². The number of hydrogen-bond donors (Lipinski definition) is 3. The topological polar surface area (TPSA) is 94.8 Å². The molecule has 0 unspecified atom stereocenters. The molecule has 0 spiro atoms. The third kappa shape index (κ3) is 2.15. The third-order valence-corrected chi connectivity index (χ3v) is 8.15. The van der Waals surface area contributed by atoms with E-state index in [1.165, 1.54) is 12.2 Å². The van der Waals surface area contributed by atoms with Gasteiger partial charge in [0.1, 0.15) is 12.2 Å². The molecule has 0 aromatic rings. The predicted octanol–water partition coefficient (Wildman–Crippen LogP) is 1.51. The van der Waals surface area contributed by atoms with E-state index in [1.807, 2.05) is 0 Å². The van der Waals surface area contributed by atoms with Crippen LogP contribution in [-0.2, 0) is 9.59 Å². The fraction of sp³-hybridized carbons (Fsp3) is 0.714. The molecule has 3 saturated carbocycles. The van der Waals surface area contributed by atoms with Gasteiger partial charge in [0.15, 0.2) is 17.2 Å². The molecular weight excluding hydrogens is 351 g/mol. The highest BCUT2D eigenvalue weighted by molar-refractivity contribution is 6.01. The SMILES string of the molecule is C[C@@H]1C[C@@H]2[C@H](C[C@H](O)[C@@]3(F)[C@H]2CCC2=CC(=O)C=C[C@@]23C)[C@@]1(O)C(=O)CO. The fourth-order valence-corrected chi connectivity index (χ4v) is 6.72. The average Bonchev–Trinajstić information content (AvgIpc) is 2.88. The molecule has 4 aliphatic carbocycles. The summed E-state index contributed by atoms with van der Waals surface area (Å²) in [4.78, 5) is 24.1. The van der Waals surface area contributed by atoms with Crippen molar-refractivity contribution in [1.82, 2.24) is 0 Å². The van der Waals surface area contributed by atoms with E-state index in [1.54, 1.807) is 19.9 Å². The van der Waals surface area contributed by atoms with Crippen LogP contribution < -0.4 is 0 Å². The van der Waals surface area contributed by atoms with Crippen LogP contribution >= 0.6 is 0 Å². The van der Waals surface area contributed by atoms with E-state index in [0.717, 1.165) is 0 Å². The van der Waals surface area contributed by atoms with Crippen LogP contribution in [0.5, 0.6) is 0 Å². The first-order valence-corrected chi connectivity index (χ1v) is 9.78. The van der Waals surface area contributed by atoms with E-state index in [0.29, 0.717) is 24.8 Å². The van der Waals surface area contributed by atoms with Crippen molar-refractivity contribution in [3.05, 3.63) is 23.8 Å². The Kier molecular flexibility index (Phi) is 4.09. The highest BCUT2D eigenvalue weighted by Gasteiger charge is 2.71. The van der Waals surface area contributed by atoms with Crippen molar-refractivity contribution >= 4 is 11.6 Å². The molecule has 3 fully saturated rings. The van der Waals surface area contributed by atoms with Crippen LogP contribution in [0.3, 0.4) is 0 Å². The fourth-order valence-electron chi connectivity index (χ4n) is 6.72. The lowest BCUT2D eigenvalue weighted by Gasteiger charge is -2.59. The van der Waals surface area contributed by atoms with Crippen molar-refractivity contribution in [2.24, 2.45) is 29.1 Å². The van der Waals surface area contributed by atoms with Gasteiger partial charge in [-0.2, -0.15) is 0 Å². The Labute approximate surface area is 158 Å². The Morgan fingerprint density at radius 3 is 2.70 bits per heavy atom. The third-order valence-electron chi connectivity index (χ3n) is 8.15. The van der Waals surface area contributed by atoms with Gasteiger partial charge in [-0.25, -0.2) is 4.39 Å². The second-order valence-electron chi connectivity index (χ2n) is 9.09. The molecular formula is C21H27FO5. The number of rotatable bonds is 2. The number of halogens is 1. The van der Waals surface area contributed by atoms with Crippen LogP contribution in [-0.4, -0.2) is 50.9 Å². The van der Waals surface area contributed by atoms with Crippen LogP contribution in [0.25, 0.3) is 0 Å². The quantitative estimate of drug-likeness (QED) is 0.677. The van der Waals surface area contributed by atoms with Crippen molar-refractivity contribution in [1.29, 1.82) is 0 Å². The zero-order valence-electron chi connectivity index (χ0n) is 15.7. The van der Waals surface area contributed by atoms with Crippen molar-refractivity contribution in [2.45, 2.75) is 56.9 Å². The van der Waals surface area contributed by atoms with Gasteiger partial charge in [0.25, 0.3) is 0 Å². The molecule has 0 saturated heterocycles. The standard InChI is InChI=1S/C21H27FO5/c1-11-7-14-15-4-3-12-8-13(24)5-6-19(12,2)21(15,22)17(25)9-16(14)20(11,27)18(26)10-23/h5-6,8,11,14-17,23,25,27H,3-4,7,9-10H2,1-2H3/t11-,14+,15+,16+,17+,19+,20-,21+/m1/s1. The molecule has 0 heterocycles. The molecule has 0 aromatic heterocycles. The molecule has 0 aromatic carbocycles. The Morgan fingerprint density at radius 1 is 1.33 bits per heavy atom. The molecule has 0 aliphatic heterocycles. The van der Waals surface area contributed by atoms with Gasteiger partial charge >= 0.3 is 0 Å². The monoisotopic (exact) mass is 378 g/mol. The molecule has 148 valence electrons. The second kappa shape index (κ2) is 5.82. The first-order valence-electron chi connectivity index (χ1n) is 9.78. The molecule has 6 heteroatoms. The lowest BCUT2D eigenvalue weighted by molar-refractivity contribution is -0.191. The molecule has 5 nitrogen and oxygen atoms in total. The number of carbonyl (C=O) groups excluding carboxylic acids is 2. The Morgan fingerprint density at radius 2 is 2.04 bits per heavy atom. The lowest BCUT2D eigenvalue weighted by atomic mass is 9.48. The summed E-state index contributed by atoms with van der Waals surface area (Å²) in [7, 11) is 0. The molecule has 3 N–H and O–H groups in total. The molecule has 0 bridgehead atoms. The first-order chi connectivity index (χ1) is 12.6. The number of ketones is 2. The number of hydrogen-bond acceptors (Lipinski definition) is 5. The van der Waals surface area contributed by atoms with Crippen molar-refractivity contribution < 1.29 is 29.3 Å². The lowest BCUT2D eigenvalue weighted by Crippen LogP contribution is -2.66. The highest BCUT2D eigenvalue weighted by Crippen LogP contribution is 2.66.